The van der Waals surface area contributed by atoms with Crippen LogP contribution in [0.3, 0.4) is 0 Å². The molecule has 0 amide bonds. The fraction of sp³-hybridized carbons (Fsp3) is 0.300. The lowest BCUT2D eigenvalue weighted by Crippen LogP contribution is -2.26. The van der Waals surface area contributed by atoms with Gasteiger partial charge < -0.3 is 4.74 Å². The number of nitriles is 1. The van der Waals surface area contributed by atoms with Crippen molar-refractivity contribution in [2.24, 2.45) is 0 Å². The number of hydrogen-bond donors (Lipinski definition) is 0. The Hall–Kier alpha value is -1.63. The van der Waals surface area contributed by atoms with Crippen molar-refractivity contribution < 1.29 is 13.5 Å². The third-order valence-electron chi connectivity index (χ3n) is 1.53. The van der Waals surface area contributed by atoms with E-state index in [2.05, 4.69) is 0 Å². The highest BCUT2D eigenvalue weighted by atomic mass is 19.1. The summed E-state index contributed by atoms with van der Waals surface area (Å²) < 4.78 is 30.6. The SMILES string of the molecule is CC(C)(C#N)Oc1ccc(F)cc1F. The normalized spacial score (nSPS) is 10.8. The summed E-state index contributed by atoms with van der Waals surface area (Å²) in [4.78, 5) is 0. The van der Waals surface area contributed by atoms with E-state index < -0.39 is 17.2 Å². The molecule has 0 N–H and O–H groups in total. The predicted molar refractivity (Wildman–Crippen MR) is 46.7 cm³/mol. The first-order valence-corrected chi connectivity index (χ1v) is 4.00. The topological polar surface area (TPSA) is 33.0 Å². The summed E-state index contributed by atoms with van der Waals surface area (Å²) in [5.74, 6) is -1.61. The number of ether oxygens (including phenoxy) is 1. The summed E-state index contributed by atoms with van der Waals surface area (Å²) in [5.41, 5.74) is -1.13. The molecular weight excluding hydrogens is 188 g/mol. The van der Waals surface area contributed by atoms with E-state index in [1.54, 1.807) is 0 Å². The van der Waals surface area contributed by atoms with Gasteiger partial charge in [0.15, 0.2) is 17.2 Å². The minimum absolute atomic E-state index is 0.127. The molecule has 0 saturated heterocycles. The van der Waals surface area contributed by atoms with Crippen molar-refractivity contribution in [3.63, 3.8) is 0 Å². The van der Waals surface area contributed by atoms with Gasteiger partial charge in [0.25, 0.3) is 0 Å². The lowest BCUT2D eigenvalue weighted by Gasteiger charge is -2.18. The minimum Gasteiger partial charge on any atom is -0.470 e. The molecule has 0 unspecified atom stereocenters. The van der Waals surface area contributed by atoms with Gasteiger partial charge in [0, 0.05) is 6.07 Å². The Morgan fingerprint density at radius 2 is 2.00 bits per heavy atom. The highest BCUT2D eigenvalue weighted by Gasteiger charge is 2.20. The average Bonchev–Trinajstić information content (AvgIpc) is 2.10. The molecule has 0 fully saturated rings. The number of nitrogens with zero attached hydrogens (tertiary/aromatic N) is 1. The zero-order valence-corrected chi connectivity index (χ0v) is 7.84. The van der Waals surface area contributed by atoms with Crippen LogP contribution in [0.2, 0.25) is 0 Å². The van der Waals surface area contributed by atoms with Crippen LogP contribution < -0.4 is 4.74 Å². The van der Waals surface area contributed by atoms with Crippen molar-refractivity contribution in [2.75, 3.05) is 0 Å². The number of halogens is 2. The molecule has 1 aromatic rings. The van der Waals surface area contributed by atoms with Gasteiger partial charge in [-0.3, -0.25) is 0 Å². The Morgan fingerprint density at radius 1 is 1.36 bits per heavy atom. The molecule has 0 radical (unpaired) electrons. The smallest absolute Gasteiger partial charge is 0.188 e. The van der Waals surface area contributed by atoms with Crippen LogP contribution in [0.5, 0.6) is 5.75 Å². The maximum absolute atomic E-state index is 13.0. The summed E-state index contributed by atoms with van der Waals surface area (Å²) >= 11 is 0. The van der Waals surface area contributed by atoms with Crippen molar-refractivity contribution in [3.05, 3.63) is 29.8 Å². The summed E-state index contributed by atoms with van der Waals surface area (Å²) in [5, 5.41) is 8.63. The van der Waals surface area contributed by atoms with E-state index >= 15 is 0 Å². The van der Waals surface area contributed by atoms with E-state index in [4.69, 9.17) is 10.00 Å². The minimum atomic E-state index is -1.13. The van der Waals surface area contributed by atoms with Gasteiger partial charge in [-0.1, -0.05) is 0 Å². The quantitative estimate of drug-likeness (QED) is 0.730. The molecule has 0 aliphatic heterocycles. The second-order valence-electron chi connectivity index (χ2n) is 3.30. The molecule has 0 aromatic heterocycles. The fourth-order valence-electron chi connectivity index (χ4n) is 0.856. The van der Waals surface area contributed by atoms with Gasteiger partial charge in [-0.15, -0.1) is 0 Å². The molecular formula is C10H9F2NO. The van der Waals surface area contributed by atoms with Gasteiger partial charge in [0.2, 0.25) is 0 Å². The van der Waals surface area contributed by atoms with Crippen LogP contribution in [-0.2, 0) is 0 Å². The van der Waals surface area contributed by atoms with Crippen LogP contribution in [0.4, 0.5) is 8.78 Å². The van der Waals surface area contributed by atoms with Crippen molar-refractivity contribution in [2.45, 2.75) is 19.4 Å². The third kappa shape index (κ3) is 2.43. The molecule has 1 aromatic carbocycles. The van der Waals surface area contributed by atoms with Gasteiger partial charge in [-0.25, -0.2) is 8.78 Å². The van der Waals surface area contributed by atoms with Crippen molar-refractivity contribution >= 4 is 0 Å². The lowest BCUT2D eigenvalue weighted by atomic mass is 10.2. The van der Waals surface area contributed by atoms with E-state index in [9.17, 15) is 8.78 Å². The third-order valence-corrected chi connectivity index (χ3v) is 1.53. The molecule has 0 aliphatic carbocycles. The van der Waals surface area contributed by atoms with Crippen molar-refractivity contribution in [1.82, 2.24) is 0 Å². The first-order valence-electron chi connectivity index (χ1n) is 4.00. The standard InChI is InChI=1S/C10H9F2NO/c1-10(2,6-13)14-9-4-3-7(11)5-8(9)12/h3-5H,1-2H3. The molecule has 4 heteroatoms. The largest absolute Gasteiger partial charge is 0.470 e. The molecule has 2 nitrogen and oxygen atoms in total. The van der Waals surface area contributed by atoms with Crippen molar-refractivity contribution in [3.8, 4) is 11.8 Å². The van der Waals surface area contributed by atoms with Crippen LogP contribution in [0.25, 0.3) is 0 Å². The van der Waals surface area contributed by atoms with E-state index in [1.165, 1.54) is 13.8 Å². The van der Waals surface area contributed by atoms with Crippen LogP contribution in [0, 0.1) is 23.0 Å². The van der Waals surface area contributed by atoms with E-state index in [0.29, 0.717) is 6.07 Å². The fourth-order valence-corrected chi connectivity index (χ4v) is 0.856. The van der Waals surface area contributed by atoms with Gasteiger partial charge >= 0.3 is 0 Å². The zero-order chi connectivity index (χ0) is 10.8. The van der Waals surface area contributed by atoms with Crippen LogP contribution in [0.15, 0.2) is 18.2 Å². The van der Waals surface area contributed by atoms with Crippen LogP contribution in [0.1, 0.15) is 13.8 Å². The number of rotatable bonds is 2. The molecule has 74 valence electrons. The summed E-state index contributed by atoms with van der Waals surface area (Å²) in [6, 6.07) is 4.79. The highest BCUT2D eigenvalue weighted by Crippen LogP contribution is 2.22. The molecule has 0 bridgehead atoms. The molecule has 0 aliphatic rings. The molecule has 0 saturated carbocycles. The Balaban J connectivity index is 2.94. The highest BCUT2D eigenvalue weighted by molar-refractivity contribution is 5.26. The van der Waals surface area contributed by atoms with Crippen LogP contribution in [-0.4, -0.2) is 5.60 Å². The Morgan fingerprint density at radius 3 is 2.50 bits per heavy atom. The van der Waals surface area contributed by atoms with E-state index in [0.717, 1.165) is 12.1 Å². The molecule has 1 rings (SSSR count). The molecule has 14 heavy (non-hydrogen) atoms. The monoisotopic (exact) mass is 197 g/mol. The molecule has 0 atom stereocenters. The van der Waals surface area contributed by atoms with E-state index in [1.807, 2.05) is 6.07 Å². The summed E-state index contributed by atoms with van der Waals surface area (Å²) in [6.07, 6.45) is 0. The Kier molecular flexibility index (Phi) is 2.70. The Labute approximate surface area is 80.7 Å². The molecule has 0 spiro atoms. The first-order chi connectivity index (χ1) is 6.44. The van der Waals surface area contributed by atoms with Gasteiger partial charge in [-0.2, -0.15) is 5.26 Å². The predicted octanol–water partition coefficient (Wildman–Crippen LogP) is 2.65. The van der Waals surface area contributed by atoms with Crippen LogP contribution >= 0.6 is 0 Å². The van der Waals surface area contributed by atoms with Crippen molar-refractivity contribution in [1.29, 1.82) is 5.26 Å². The summed E-state index contributed by atoms with van der Waals surface area (Å²) in [6.45, 7) is 2.99. The summed E-state index contributed by atoms with van der Waals surface area (Å²) in [7, 11) is 0. The van der Waals surface area contributed by atoms with Gasteiger partial charge in [-0.05, 0) is 26.0 Å². The lowest BCUT2D eigenvalue weighted by molar-refractivity contribution is 0.161. The Bertz CT molecular complexity index is 382. The average molecular weight is 197 g/mol. The number of hydrogen-bond acceptors (Lipinski definition) is 2. The zero-order valence-electron chi connectivity index (χ0n) is 7.84. The van der Waals surface area contributed by atoms with E-state index in [-0.39, 0.29) is 5.75 Å². The second-order valence-corrected chi connectivity index (χ2v) is 3.30. The molecule has 0 heterocycles. The first kappa shape index (κ1) is 10.5. The maximum Gasteiger partial charge on any atom is 0.188 e. The van der Waals surface area contributed by atoms with Gasteiger partial charge in [0.1, 0.15) is 11.9 Å². The second kappa shape index (κ2) is 3.62. The maximum atomic E-state index is 13.0. The number of benzene rings is 1. The van der Waals surface area contributed by atoms with Gasteiger partial charge in [0.05, 0.1) is 0 Å².